The van der Waals surface area contributed by atoms with Crippen LogP contribution < -0.4 is 0 Å². The van der Waals surface area contributed by atoms with Crippen LogP contribution in [0.15, 0.2) is 72.8 Å². The van der Waals surface area contributed by atoms with Gasteiger partial charge in [0.05, 0.1) is 11.0 Å². The zero-order chi connectivity index (χ0) is 32.8. The van der Waals surface area contributed by atoms with Crippen molar-refractivity contribution in [3.05, 3.63) is 72.8 Å². The number of para-hydroxylation sites is 1. The summed E-state index contributed by atoms with van der Waals surface area (Å²) >= 11 is 1.82. The SMILES string of the molecule is C#CC#CC#CC#CC#CC#CC#CC#CC#CC#CC#CC#Cn1c2ccccc2c2ccc3c(ccc4c5ccccc5sc43)c21. The van der Waals surface area contributed by atoms with Crippen molar-refractivity contribution in [1.29, 1.82) is 0 Å². The molecule has 0 saturated heterocycles. The lowest BCUT2D eigenvalue weighted by molar-refractivity contribution is 1.27. The van der Waals surface area contributed by atoms with E-state index in [0.717, 1.165) is 27.2 Å². The molecule has 0 spiro atoms. The molecule has 208 valence electrons. The van der Waals surface area contributed by atoms with Gasteiger partial charge in [-0.2, -0.15) is 0 Å². The summed E-state index contributed by atoms with van der Waals surface area (Å²) in [5, 5.41) is 7.22. The van der Waals surface area contributed by atoms with Crippen molar-refractivity contribution in [2.24, 2.45) is 0 Å². The van der Waals surface area contributed by atoms with Crippen LogP contribution in [0.25, 0.3) is 52.8 Å². The largest absolute Gasteiger partial charge is 0.267 e. The van der Waals surface area contributed by atoms with Crippen molar-refractivity contribution in [3.8, 4) is 143 Å². The number of benzene rings is 4. The minimum Gasteiger partial charge on any atom is -0.267 e. The molecule has 0 aliphatic heterocycles. The van der Waals surface area contributed by atoms with Crippen LogP contribution in [-0.2, 0) is 0 Å². The van der Waals surface area contributed by atoms with Crippen LogP contribution in [0.2, 0.25) is 0 Å². The zero-order valence-electron chi connectivity index (χ0n) is 24.9. The van der Waals surface area contributed by atoms with Gasteiger partial charge in [-0.05, 0) is 59.5 Å². The smallest absolute Gasteiger partial charge is 0.0704 e. The number of hydrogen-bond acceptors (Lipinski definition) is 1. The number of nitrogens with zero attached hydrogens (tertiary/aromatic N) is 1. The minimum absolute atomic E-state index is 1.03. The molecule has 0 aliphatic rings. The number of hydrogen-bond donors (Lipinski definition) is 0. The number of terminal acetylenes is 1. The second-order valence-electron chi connectivity index (χ2n) is 9.33. The van der Waals surface area contributed by atoms with Gasteiger partial charge >= 0.3 is 0 Å². The van der Waals surface area contributed by atoms with E-state index in [1.807, 2.05) is 22.0 Å². The van der Waals surface area contributed by atoms with E-state index in [2.05, 4.69) is 203 Å². The predicted octanol–water partition coefficient (Wildman–Crippen LogP) is 6.79. The normalized spacial score (nSPS) is 8.23. The molecule has 6 aromatic rings. The van der Waals surface area contributed by atoms with E-state index in [1.165, 1.54) is 25.6 Å². The molecule has 0 fully saturated rings. The van der Waals surface area contributed by atoms with Crippen LogP contribution in [0.1, 0.15) is 0 Å². The second-order valence-corrected chi connectivity index (χ2v) is 10.4. The third kappa shape index (κ3) is 6.67. The zero-order valence-corrected chi connectivity index (χ0v) is 25.7. The summed E-state index contributed by atoms with van der Waals surface area (Å²) in [6.07, 6.45) is 4.97. The lowest BCUT2D eigenvalue weighted by Crippen LogP contribution is -1.89. The monoisotopic (exact) mass is 611 g/mol. The van der Waals surface area contributed by atoms with E-state index in [0.29, 0.717) is 0 Å². The Balaban J connectivity index is 1.18. The van der Waals surface area contributed by atoms with Crippen molar-refractivity contribution in [3.63, 3.8) is 0 Å². The van der Waals surface area contributed by atoms with Gasteiger partial charge in [-0.25, -0.2) is 0 Å². The van der Waals surface area contributed by atoms with E-state index in [4.69, 9.17) is 6.42 Å². The van der Waals surface area contributed by atoms with Gasteiger partial charge in [0.1, 0.15) is 0 Å². The third-order valence-electron chi connectivity index (χ3n) is 6.66. The second kappa shape index (κ2) is 15.1. The summed E-state index contributed by atoms with van der Waals surface area (Å²) < 4.78 is 4.60. The average Bonchev–Trinajstić information content (AvgIpc) is 3.66. The van der Waals surface area contributed by atoms with Crippen LogP contribution in [0.5, 0.6) is 0 Å². The molecule has 0 amide bonds. The van der Waals surface area contributed by atoms with E-state index in [-0.39, 0.29) is 0 Å². The first-order chi connectivity index (χ1) is 23.9. The van der Waals surface area contributed by atoms with Crippen molar-refractivity contribution in [2.45, 2.75) is 0 Å². The summed E-state index contributed by atoms with van der Waals surface area (Å²) in [5.74, 6) is 56.3. The molecule has 0 radical (unpaired) electrons. The molecule has 0 N–H and O–H groups in total. The van der Waals surface area contributed by atoms with Crippen molar-refractivity contribution >= 4 is 64.1 Å². The summed E-state index contributed by atoms with van der Waals surface area (Å²) in [6.45, 7) is 0. The number of aromatic nitrogens is 1. The van der Waals surface area contributed by atoms with Gasteiger partial charge in [0.25, 0.3) is 0 Å². The summed E-state index contributed by atoms with van der Waals surface area (Å²) in [5.41, 5.74) is 2.10. The Morgan fingerprint density at radius 2 is 0.812 bits per heavy atom. The van der Waals surface area contributed by atoms with Crippen molar-refractivity contribution in [2.75, 3.05) is 0 Å². The van der Waals surface area contributed by atoms with Crippen LogP contribution in [0, 0.1) is 143 Å². The molecule has 0 unspecified atom stereocenters. The Labute approximate surface area is 283 Å². The summed E-state index contributed by atoms with van der Waals surface area (Å²) in [6, 6.07) is 28.9. The number of fused-ring (bicyclic) bond motifs is 9. The van der Waals surface area contributed by atoms with Crippen LogP contribution in [0.4, 0.5) is 0 Å². The van der Waals surface area contributed by atoms with Gasteiger partial charge in [-0.15, -0.1) is 17.8 Å². The molecule has 2 aromatic heterocycles. The van der Waals surface area contributed by atoms with Crippen LogP contribution in [-0.4, -0.2) is 4.57 Å². The first-order valence-electron chi connectivity index (χ1n) is 14.1. The maximum atomic E-state index is 4.97. The molecule has 0 atom stereocenters. The van der Waals surface area contributed by atoms with Crippen LogP contribution >= 0.6 is 11.3 Å². The first kappa shape index (κ1) is 29.9. The summed E-state index contributed by atoms with van der Waals surface area (Å²) in [7, 11) is 0. The van der Waals surface area contributed by atoms with E-state index >= 15 is 0 Å². The highest BCUT2D eigenvalue weighted by atomic mass is 32.1. The average molecular weight is 612 g/mol. The third-order valence-corrected chi connectivity index (χ3v) is 7.88. The maximum Gasteiger partial charge on any atom is 0.0704 e. The molecular formula is C46H13NS. The standard InChI is InChI=1S/C46H13NS/c1-2-3-4-5-6-7-8-9-10-11-12-13-14-15-16-17-18-19-20-21-22-27-36-47-43-30-25-23-28-37(43)39-32-35-42-40(45(39)47)33-34-41-38-29-24-26-31-44(38)48-46(41)42/h1,23-26,28-35H. The molecule has 0 bridgehead atoms. The quantitative estimate of drug-likeness (QED) is 0.167. The Kier molecular flexibility index (Phi) is 9.39. The van der Waals surface area contributed by atoms with Crippen molar-refractivity contribution < 1.29 is 0 Å². The molecule has 0 saturated carbocycles. The van der Waals surface area contributed by atoms with E-state index in [9.17, 15) is 0 Å². The predicted molar refractivity (Wildman–Crippen MR) is 200 cm³/mol. The fourth-order valence-corrected chi connectivity index (χ4v) is 6.11. The van der Waals surface area contributed by atoms with Gasteiger partial charge in [-0.1, -0.05) is 60.7 Å². The lowest BCUT2D eigenvalue weighted by atomic mass is 10.0. The van der Waals surface area contributed by atoms with Crippen LogP contribution in [0.3, 0.4) is 0 Å². The Morgan fingerprint density at radius 1 is 0.396 bits per heavy atom. The highest BCUT2D eigenvalue weighted by Crippen LogP contribution is 2.41. The molecule has 1 nitrogen and oxygen atoms in total. The molecular weight excluding hydrogens is 599 g/mol. The Bertz CT molecular complexity index is 3130. The number of rotatable bonds is 0. The highest BCUT2D eigenvalue weighted by molar-refractivity contribution is 7.26. The molecule has 0 aliphatic carbocycles. The van der Waals surface area contributed by atoms with Gasteiger partial charge in [0.2, 0.25) is 0 Å². The van der Waals surface area contributed by atoms with Gasteiger partial charge in [-0.3, -0.25) is 4.57 Å². The molecule has 48 heavy (non-hydrogen) atoms. The number of thiophene rings is 1. The highest BCUT2D eigenvalue weighted by Gasteiger charge is 2.15. The Hall–Kier alpha value is -8.12. The van der Waals surface area contributed by atoms with E-state index in [1.54, 1.807) is 0 Å². The Morgan fingerprint density at radius 3 is 1.38 bits per heavy atom. The first-order valence-corrected chi connectivity index (χ1v) is 14.9. The molecule has 6 rings (SSSR count). The van der Waals surface area contributed by atoms with Gasteiger partial charge < -0.3 is 0 Å². The summed E-state index contributed by atoms with van der Waals surface area (Å²) in [4.78, 5) is 0. The molecule has 2 heteroatoms. The molecule has 2 heterocycles. The lowest BCUT2D eigenvalue weighted by Gasteiger charge is -2.04. The van der Waals surface area contributed by atoms with Gasteiger partial charge in [0.15, 0.2) is 0 Å². The van der Waals surface area contributed by atoms with Crippen molar-refractivity contribution in [1.82, 2.24) is 4.57 Å². The fourth-order valence-electron chi connectivity index (χ4n) is 4.88. The minimum atomic E-state index is 1.03. The maximum absolute atomic E-state index is 4.97. The van der Waals surface area contributed by atoms with Gasteiger partial charge in [0, 0.05) is 131 Å². The topological polar surface area (TPSA) is 4.93 Å². The molecule has 4 aromatic carbocycles. The fraction of sp³-hybridized carbons (Fsp3) is 0. The van der Waals surface area contributed by atoms with E-state index < -0.39 is 0 Å².